The molecule has 0 heterocycles. The molecule has 4 nitrogen and oxygen atoms in total. The fourth-order valence-electron chi connectivity index (χ4n) is 0.975. The summed E-state index contributed by atoms with van der Waals surface area (Å²) >= 11 is 4.74. The van der Waals surface area contributed by atoms with Crippen LogP contribution in [0.15, 0.2) is 0 Å². The first-order valence-electron chi connectivity index (χ1n) is 5.07. The van der Waals surface area contributed by atoms with Gasteiger partial charge in [0, 0.05) is 20.0 Å². The summed E-state index contributed by atoms with van der Waals surface area (Å²) in [5, 5.41) is 0. The number of carbonyl (C=O) groups is 1. The van der Waals surface area contributed by atoms with Crippen molar-refractivity contribution in [3.8, 4) is 0 Å². The second kappa shape index (κ2) is 7.59. The molecule has 0 bridgehead atoms. The summed E-state index contributed by atoms with van der Waals surface area (Å²) in [5.41, 5.74) is 5.35. The highest BCUT2D eigenvalue weighted by atomic mass is 32.1. The van der Waals surface area contributed by atoms with Gasteiger partial charge in [-0.25, -0.2) is 0 Å². The zero-order valence-electron chi connectivity index (χ0n) is 9.66. The topological polar surface area (TPSA) is 55.6 Å². The van der Waals surface area contributed by atoms with Crippen LogP contribution >= 0.6 is 12.2 Å². The lowest BCUT2D eigenvalue weighted by Crippen LogP contribution is -2.30. The fourth-order valence-corrected chi connectivity index (χ4v) is 1.07. The third-order valence-electron chi connectivity index (χ3n) is 1.89. The van der Waals surface area contributed by atoms with Crippen LogP contribution in [0.1, 0.15) is 26.7 Å². The summed E-state index contributed by atoms with van der Waals surface area (Å²) in [6, 6.07) is 0. The lowest BCUT2D eigenvalue weighted by atomic mass is 10.3. The molecule has 15 heavy (non-hydrogen) atoms. The van der Waals surface area contributed by atoms with Crippen LogP contribution in [-0.2, 0) is 9.53 Å². The van der Waals surface area contributed by atoms with Crippen molar-refractivity contribution >= 4 is 23.1 Å². The quantitative estimate of drug-likeness (QED) is 0.664. The molecule has 0 aromatic carbocycles. The number of thiocarbonyl (C=S) groups is 1. The van der Waals surface area contributed by atoms with Crippen LogP contribution in [0.5, 0.6) is 0 Å². The first-order chi connectivity index (χ1) is 6.93. The van der Waals surface area contributed by atoms with E-state index in [1.54, 1.807) is 11.9 Å². The molecule has 5 heteroatoms. The lowest BCUT2D eigenvalue weighted by Gasteiger charge is -2.17. The zero-order chi connectivity index (χ0) is 11.8. The van der Waals surface area contributed by atoms with Gasteiger partial charge in [0.2, 0.25) is 5.91 Å². The highest BCUT2D eigenvalue weighted by Gasteiger charge is 2.08. The van der Waals surface area contributed by atoms with Gasteiger partial charge in [0.25, 0.3) is 0 Å². The van der Waals surface area contributed by atoms with Crippen molar-refractivity contribution < 1.29 is 9.53 Å². The molecule has 0 spiro atoms. The Kier molecular flexibility index (Phi) is 7.25. The van der Waals surface area contributed by atoms with E-state index in [-0.39, 0.29) is 12.0 Å². The second-order valence-electron chi connectivity index (χ2n) is 3.70. The first-order valence-corrected chi connectivity index (χ1v) is 5.48. The molecule has 0 aromatic rings. The van der Waals surface area contributed by atoms with E-state index in [1.807, 2.05) is 13.8 Å². The summed E-state index contributed by atoms with van der Waals surface area (Å²) in [7, 11) is 1.75. The Labute approximate surface area is 96.8 Å². The standard InChI is InChI=1S/C10H20N2O2S/c1-8(2)14-7-5-10(13)12(3)6-4-9(11)15/h8H,4-7H2,1-3H3,(H2,11,15). The monoisotopic (exact) mass is 232 g/mol. The highest BCUT2D eigenvalue weighted by molar-refractivity contribution is 7.80. The van der Waals surface area contributed by atoms with Crippen LogP contribution in [0.2, 0.25) is 0 Å². The predicted molar refractivity (Wildman–Crippen MR) is 64.7 cm³/mol. The summed E-state index contributed by atoms with van der Waals surface area (Å²) in [5.74, 6) is 0.0619. The molecule has 0 aliphatic carbocycles. The number of ether oxygens (including phenoxy) is 1. The number of rotatable bonds is 7. The molecule has 0 saturated carbocycles. The lowest BCUT2D eigenvalue weighted by molar-refractivity contribution is -0.131. The minimum absolute atomic E-state index is 0.0619. The molecular formula is C10H20N2O2S. The molecular weight excluding hydrogens is 212 g/mol. The van der Waals surface area contributed by atoms with Gasteiger partial charge in [-0.2, -0.15) is 0 Å². The van der Waals surface area contributed by atoms with Gasteiger partial charge >= 0.3 is 0 Å². The molecule has 0 aromatic heterocycles. The van der Waals surface area contributed by atoms with Crippen molar-refractivity contribution in [2.24, 2.45) is 5.73 Å². The van der Waals surface area contributed by atoms with Crippen LogP contribution in [0.25, 0.3) is 0 Å². The third-order valence-corrected chi connectivity index (χ3v) is 2.09. The molecule has 88 valence electrons. The maximum absolute atomic E-state index is 11.5. The van der Waals surface area contributed by atoms with Gasteiger partial charge in [-0.15, -0.1) is 0 Å². The van der Waals surface area contributed by atoms with Crippen LogP contribution in [-0.4, -0.2) is 42.1 Å². The Morgan fingerprint density at radius 1 is 1.47 bits per heavy atom. The summed E-state index contributed by atoms with van der Waals surface area (Å²) in [6.07, 6.45) is 1.15. The first kappa shape index (κ1) is 14.3. The molecule has 0 unspecified atom stereocenters. The maximum Gasteiger partial charge on any atom is 0.224 e. The van der Waals surface area contributed by atoms with Crippen molar-refractivity contribution in [3.05, 3.63) is 0 Å². The molecule has 0 saturated heterocycles. The Morgan fingerprint density at radius 2 is 2.07 bits per heavy atom. The SMILES string of the molecule is CC(C)OCCC(=O)N(C)CCC(N)=S. The molecule has 0 aliphatic heterocycles. The van der Waals surface area contributed by atoms with Crippen LogP contribution in [0, 0.1) is 0 Å². The van der Waals surface area contributed by atoms with Crippen LogP contribution in [0.4, 0.5) is 0 Å². The fraction of sp³-hybridized carbons (Fsp3) is 0.800. The molecule has 1 amide bonds. The van der Waals surface area contributed by atoms with Crippen molar-refractivity contribution in [3.63, 3.8) is 0 Å². The Bertz CT molecular complexity index is 219. The molecule has 2 N–H and O–H groups in total. The molecule has 0 aliphatic rings. The summed E-state index contributed by atoms with van der Waals surface area (Å²) in [6.45, 7) is 4.94. The van der Waals surface area contributed by atoms with Crippen molar-refractivity contribution in [1.29, 1.82) is 0 Å². The number of carbonyl (C=O) groups excluding carboxylic acids is 1. The number of hydrogen-bond acceptors (Lipinski definition) is 3. The Hall–Kier alpha value is -0.680. The summed E-state index contributed by atoms with van der Waals surface area (Å²) in [4.78, 5) is 13.6. The van der Waals surface area contributed by atoms with E-state index in [0.717, 1.165) is 0 Å². The number of hydrogen-bond donors (Lipinski definition) is 1. The van der Waals surface area contributed by atoms with Gasteiger partial charge in [-0.3, -0.25) is 4.79 Å². The molecule has 0 atom stereocenters. The van der Waals surface area contributed by atoms with Crippen LogP contribution in [0.3, 0.4) is 0 Å². The van der Waals surface area contributed by atoms with E-state index in [4.69, 9.17) is 22.7 Å². The smallest absolute Gasteiger partial charge is 0.224 e. The average molecular weight is 232 g/mol. The van der Waals surface area contributed by atoms with Gasteiger partial charge in [-0.1, -0.05) is 12.2 Å². The minimum atomic E-state index is 0.0619. The van der Waals surface area contributed by atoms with E-state index in [9.17, 15) is 4.79 Å². The van der Waals surface area contributed by atoms with E-state index in [1.165, 1.54) is 0 Å². The average Bonchev–Trinajstić information content (AvgIpc) is 2.13. The van der Waals surface area contributed by atoms with E-state index >= 15 is 0 Å². The van der Waals surface area contributed by atoms with E-state index in [0.29, 0.717) is 31.0 Å². The molecule has 0 fully saturated rings. The third kappa shape index (κ3) is 8.32. The maximum atomic E-state index is 11.5. The van der Waals surface area contributed by atoms with Crippen molar-refractivity contribution in [2.45, 2.75) is 32.8 Å². The van der Waals surface area contributed by atoms with Crippen molar-refractivity contribution in [1.82, 2.24) is 4.90 Å². The predicted octanol–water partition coefficient (Wildman–Crippen LogP) is 0.936. The number of amides is 1. The summed E-state index contributed by atoms with van der Waals surface area (Å²) < 4.78 is 5.29. The van der Waals surface area contributed by atoms with Gasteiger partial charge < -0.3 is 15.4 Å². The van der Waals surface area contributed by atoms with Gasteiger partial charge in [0.1, 0.15) is 0 Å². The normalized spacial score (nSPS) is 10.4. The van der Waals surface area contributed by atoms with Crippen molar-refractivity contribution in [2.75, 3.05) is 20.2 Å². The van der Waals surface area contributed by atoms with Crippen LogP contribution < -0.4 is 5.73 Å². The Balaban J connectivity index is 3.64. The van der Waals surface area contributed by atoms with Gasteiger partial charge in [0.05, 0.1) is 24.1 Å². The Morgan fingerprint density at radius 3 is 2.53 bits per heavy atom. The number of nitrogens with zero attached hydrogens (tertiary/aromatic N) is 1. The zero-order valence-corrected chi connectivity index (χ0v) is 10.5. The molecule has 0 rings (SSSR count). The minimum Gasteiger partial charge on any atom is -0.393 e. The molecule has 0 radical (unpaired) electrons. The van der Waals surface area contributed by atoms with E-state index < -0.39 is 0 Å². The van der Waals surface area contributed by atoms with Gasteiger partial charge in [-0.05, 0) is 13.8 Å². The largest absolute Gasteiger partial charge is 0.393 e. The van der Waals surface area contributed by atoms with E-state index in [2.05, 4.69) is 0 Å². The second-order valence-corrected chi connectivity index (χ2v) is 4.23. The highest BCUT2D eigenvalue weighted by Crippen LogP contribution is 1.96. The number of nitrogens with two attached hydrogens (primary N) is 1. The van der Waals surface area contributed by atoms with Gasteiger partial charge in [0.15, 0.2) is 0 Å².